The molecule has 3 N–H and O–H groups in total. The third kappa shape index (κ3) is 7.67. The van der Waals surface area contributed by atoms with Crippen LogP contribution in [0.25, 0.3) is 0 Å². The lowest BCUT2D eigenvalue weighted by molar-refractivity contribution is -0.113. The molecule has 0 aromatic heterocycles. The van der Waals surface area contributed by atoms with Gasteiger partial charge in [0.1, 0.15) is 5.75 Å². The van der Waals surface area contributed by atoms with E-state index in [9.17, 15) is 18.0 Å². The van der Waals surface area contributed by atoms with Crippen LogP contribution in [0.2, 0.25) is 0 Å². The monoisotopic (exact) mass is 485 g/mol. The molecule has 0 bridgehead atoms. The highest BCUT2D eigenvalue weighted by Gasteiger charge is 2.38. The number of sulfone groups is 1. The topological polar surface area (TPSA) is 104 Å². The van der Waals surface area contributed by atoms with Crippen molar-refractivity contribution < 1.29 is 18.0 Å². The molecule has 0 unspecified atom stereocenters. The minimum absolute atomic E-state index is 0.0107. The Bertz CT molecular complexity index is 1140. The predicted octanol–water partition coefficient (Wildman–Crippen LogP) is 3.59. The van der Waals surface area contributed by atoms with Gasteiger partial charge in [-0.3, -0.25) is 9.59 Å². The van der Waals surface area contributed by atoms with Crippen LogP contribution in [0.15, 0.2) is 48.5 Å². The van der Waals surface area contributed by atoms with E-state index in [0.29, 0.717) is 16.8 Å². The Morgan fingerprint density at radius 2 is 1.62 bits per heavy atom. The van der Waals surface area contributed by atoms with E-state index in [0.717, 1.165) is 18.4 Å². The number of carbonyl (C=O) groups excluding carboxylic acids is 2. The summed E-state index contributed by atoms with van der Waals surface area (Å²) in [5, 5.41) is 9.31. The summed E-state index contributed by atoms with van der Waals surface area (Å²) >= 11 is 0. The minimum Gasteiger partial charge on any atom is -0.349 e. The van der Waals surface area contributed by atoms with Crippen molar-refractivity contribution in [2.24, 2.45) is 0 Å². The largest absolute Gasteiger partial charge is 0.349 e. The van der Waals surface area contributed by atoms with Crippen LogP contribution in [0.4, 0.5) is 5.69 Å². The highest BCUT2D eigenvalue weighted by Crippen LogP contribution is 2.28. The van der Waals surface area contributed by atoms with E-state index >= 15 is 0 Å². The van der Waals surface area contributed by atoms with Gasteiger partial charge in [-0.25, -0.2) is 8.42 Å². The van der Waals surface area contributed by atoms with E-state index in [4.69, 9.17) is 0 Å². The van der Waals surface area contributed by atoms with Gasteiger partial charge >= 0.3 is 0 Å². The number of aryl methyl sites for hydroxylation is 1. The zero-order chi connectivity index (χ0) is 25.1. The van der Waals surface area contributed by atoms with Crippen molar-refractivity contribution >= 4 is 27.3 Å². The standard InChI is InChI=1S/C26H35N3O4S/c1-18-9-11-21(12-10-18)27-23(30)17-34(32,33)16-19-7-6-8-20(13-19)24(31)28-22-14-25(2,3)29-26(4,5)15-22/h6-13,22,29H,14-17H2,1-5H3,(H,27,30)(H,28,31). The fraction of sp³-hybridized carbons (Fsp3) is 0.462. The van der Waals surface area contributed by atoms with Crippen molar-refractivity contribution in [2.75, 3.05) is 11.1 Å². The van der Waals surface area contributed by atoms with Crippen LogP contribution in [0.3, 0.4) is 0 Å². The zero-order valence-corrected chi connectivity index (χ0v) is 21.4. The summed E-state index contributed by atoms with van der Waals surface area (Å²) in [6.45, 7) is 10.4. The number of carbonyl (C=O) groups is 2. The molecule has 2 aromatic carbocycles. The second-order valence-electron chi connectivity index (χ2n) is 10.6. The van der Waals surface area contributed by atoms with Crippen LogP contribution in [0.1, 0.15) is 62.0 Å². The minimum atomic E-state index is -3.71. The molecular weight excluding hydrogens is 450 g/mol. The van der Waals surface area contributed by atoms with E-state index in [-0.39, 0.29) is 28.8 Å². The molecule has 1 fully saturated rings. The summed E-state index contributed by atoms with van der Waals surface area (Å²) in [4.78, 5) is 25.2. The van der Waals surface area contributed by atoms with Gasteiger partial charge in [-0.1, -0.05) is 29.8 Å². The van der Waals surface area contributed by atoms with Crippen molar-refractivity contribution in [3.05, 3.63) is 65.2 Å². The van der Waals surface area contributed by atoms with Crippen LogP contribution in [0, 0.1) is 6.92 Å². The lowest BCUT2D eigenvalue weighted by Crippen LogP contribution is -2.62. The molecule has 0 aliphatic carbocycles. The van der Waals surface area contributed by atoms with Crippen LogP contribution in [0.5, 0.6) is 0 Å². The second-order valence-corrected chi connectivity index (χ2v) is 12.7. The molecule has 1 aliphatic heterocycles. The average molecular weight is 486 g/mol. The van der Waals surface area contributed by atoms with Gasteiger partial charge < -0.3 is 16.0 Å². The average Bonchev–Trinajstić information content (AvgIpc) is 2.66. The summed E-state index contributed by atoms with van der Waals surface area (Å²) in [6.07, 6.45) is 1.60. The van der Waals surface area contributed by atoms with Gasteiger partial charge in [0.05, 0.1) is 5.75 Å². The van der Waals surface area contributed by atoms with Gasteiger partial charge in [-0.2, -0.15) is 0 Å². The zero-order valence-electron chi connectivity index (χ0n) is 20.6. The van der Waals surface area contributed by atoms with E-state index in [1.165, 1.54) is 0 Å². The fourth-order valence-electron chi connectivity index (χ4n) is 4.83. The van der Waals surface area contributed by atoms with Gasteiger partial charge in [0.25, 0.3) is 5.91 Å². The maximum absolute atomic E-state index is 12.9. The molecule has 0 atom stereocenters. The maximum atomic E-state index is 12.9. The molecule has 0 spiro atoms. The molecule has 1 heterocycles. The Labute approximate surface area is 202 Å². The van der Waals surface area contributed by atoms with Crippen LogP contribution in [-0.4, -0.2) is 43.1 Å². The smallest absolute Gasteiger partial charge is 0.251 e. The molecule has 0 radical (unpaired) electrons. The number of rotatable bonds is 7. The van der Waals surface area contributed by atoms with Crippen LogP contribution in [-0.2, 0) is 20.4 Å². The maximum Gasteiger partial charge on any atom is 0.251 e. The van der Waals surface area contributed by atoms with Crippen molar-refractivity contribution in [3.8, 4) is 0 Å². The normalized spacial score (nSPS) is 17.7. The lowest BCUT2D eigenvalue weighted by Gasteiger charge is -2.46. The number of amides is 2. The molecule has 34 heavy (non-hydrogen) atoms. The molecule has 7 nitrogen and oxygen atoms in total. The molecule has 3 rings (SSSR count). The quantitative estimate of drug-likeness (QED) is 0.556. The van der Waals surface area contributed by atoms with Crippen LogP contribution >= 0.6 is 0 Å². The first-order chi connectivity index (χ1) is 15.7. The van der Waals surface area contributed by atoms with Crippen LogP contribution < -0.4 is 16.0 Å². The van der Waals surface area contributed by atoms with E-state index in [1.807, 2.05) is 19.1 Å². The number of hydrogen-bond acceptors (Lipinski definition) is 5. The van der Waals surface area contributed by atoms with E-state index in [2.05, 4.69) is 43.6 Å². The van der Waals surface area contributed by atoms with Crippen molar-refractivity contribution in [1.29, 1.82) is 0 Å². The molecule has 1 aliphatic rings. The molecule has 0 saturated carbocycles. The number of piperidine rings is 1. The summed E-state index contributed by atoms with van der Waals surface area (Å²) in [6, 6.07) is 13.7. The third-order valence-electron chi connectivity index (χ3n) is 5.79. The molecular formula is C26H35N3O4S. The Kier molecular flexibility index (Phi) is 7.53. The van der Waals surface area contributed by atoms with Gasteiger partial charge in [0, 0.05) is 28.4 Å². The number of hydrogen-bond donors (Lipinski definition) is 3. The highest BCUT2D eigenvalue weighted by molar-refractivity contribution is 7.91. The molecule has 2 amide bonds. The molecule has 184 valence electrons. The fourth-order valence-corrected chi connectivity index (χ4v) is 6.10. The third-order valence-corrected chi connectivity index (χ3v) is 7.26. The Morgan fingerprint density at radius 3 is 2.24 bits per heavy atom. The second kappa shape index (κ2) is 9.88. The van der Waals surface area contributed by atoms with Gasteiger partial charge in [0.15, 0.2) is 9.84 Å². The summed E-state index contributed by atoms with van der Waals surface area (Å²) in [7, 11) is -3.71. The van der Waals surface area contributed by atoms with Crippen molar-refractivity contribution in [1.82, 2.24) is 10.6 Å². The Hall–Kier alpha value is -2.71. The molecule has 2 aromatic rings. The number of nitrogens with one attached hydrogen (secondary N) is 3. The van der Waals surface area contributed by atoms with Gasteiger partial charge in [-0.05, 0) is 77.3 Å². The number of benzene rings is 2. The van der Waals surface area contributed by atoms with Crippen molar-refractivity contribution in [3.63, 3.8) is 0 Å². The van der Waals surface area contributed by atoms with Crippen molar-refractivity contribution in [2.45, 2.75) is 70.3 Å². The van der Waals surface area contributed by atoms with E-state index < -0.39 is 21.5 Å². The first-order valence-electron chi connectivity index (χ1n) is 11.5. The number of anilines is 1. The Balaban J connectivity index is 1.62. The highest BCUT2D eigenvalue weighted by atomic mass is 32.2. The summed E-state index contributed by atoms with van der Waals surface area (Å²) < 4.78 is 25.3. The van der Waals surface area contributed by atoms with Gasteiger partial charge in [-0.15, -0.1) is 0 Å². The molecule has 8 heteroatoms. The van der Waals surface area contributed by atoms with E-state index in [1.54, 1.807) is 36.4 Å². The predicted molar refractivity (Wildman–Crippen MR) is 136 cm³/mol. The molecule has 1 saturated heterocycles. The van der Waals surface area contributed by atoms with Gasteiger partial charge in [0.2, 0.25) is 5.91 Å². The first kappa shape index (κ1) is 25.9. The lowest BCUT2D eigenvalue weighted by atomic mass is 9.79. The SMILES string of the molecule is Cc1ccc(NC(=O)CS(=O)(=O)Cc2cccc(C(=O)NC3CC(C)(C)NC(C)(C)C3)c2)cc1. The Morgan fingerprint density at radius 1 is 1.00 bits per heavy atom. The first-order valence-corrected chi connectivity index (χ1v) is 13.3. The summed E-state index contributed by atoms with van der Waals surface area (Å²) in [5.41, 5.74) is 2.27. The summed E-state index contributed by atoms with van der Waals surface area (Å²) in [5.74, 6) is -1.76.